The zero-order valence-electron chi connectivity index (χ0n) is 7.83. The molecule has 1 aliphatic rings. The van der Waals surface area contributed by atoms with E-state index in [0.717, 1.165) is 11.3 Å². The Morgan fingerprint density at radius 2 is 2.23 bits per heavy atom. The first kappa shape index (κ1) is 8.30. The van der Waals surface area contributed by atoms with Gasteiger partial charge in [0.1, 0.15) is 12.4 Å². The molecule has 1 aromatic rings. The third-order valence-corrected chi connectivity index (χ3v) is 2.48. The Morgan fingerprint density at radius 1 is 1.46 bits per heavy atom. The Hall–Kier alpha value is -1.31. The molecule has 2 heteroatoms. The van der Waals surface area contributed by atoms with Crippen LogP contribution in [-0.2, 0) is 4.79 Å². The van der Waals surface area contributed by atoms with Crippen LogP contribution in [0.15, 0.2) is 18.2 Å². The summed E-state index contributed by atoms with van der Waals surface area (Å²) >= 11 is 0. The summed E-state index contributed by atoms with van der Waals surface area (Å²) < 4.78 is 5.31. The summed E-state index contributed by atoms with van der Waals surface area (Å²) in [5.41, 5.74) is 2.19. The first-order valence-corrected chi connectivity index (χ1v) is 4.44. The quantitative estimate of drug-likeness (QED) is 0.604. The average Bonchev–Trinajstić information content (AvgIpc) is 2.12. The minimum Gasteiger partial charge on any atom is -0.486 e. The monoisotopic (exact) mass is 176 g/mol. The third-order valence-electron chi connectivity index (χ3n) is 2.48. The van der Waals surface area contributed by atoms with Gasteiger partial charge >= 0.3 is 0 Å². The van der Waals surface area contributed by atoms with E-state index in [2.05, 4.69) is 0 Å². The molecule has 0 saturated heterocycles. The molecule has 0 fully saturated rings. The number of fused-ring (bicyclic) bond motifs is 1. The van der Waals surface area contributed by atoms with E-state index in [1.165, 1.54) is 5.56 Å². The van der Waals surface area contributed by atoms with Gasteiger partial charge in [-0.25, -0.2) is 0 Å². The van der Waals surface area contributed by atoms with E-state index in [4.69, 9.17) is 4.74 Å². The van der Waals surface area contributed by atoms with Gasteiger partial charge in [0.05, 0.1) is 0 Å². The summed E-state index contributed by atoms with van der Waals surface area (Å²) in [4.78, 5) is 11.3. The largest absolute Gasteiger partial charge is 0.486 e. The fourth-order valence-corrected chi connectivity index (χ4v) is 1.59. The van der Waals surface area contributed by atoms with E-state index in [-0.39, 0.29) is 18.3 Å². The molecule has 0 spiro atoms. The highest BCUT2D eigenvalue weighted by molar-refractivity contribution is 5.88. The van der Waals surface area contributed by atoms with Gasteiger partial charge in [-0.3, -0.25) is 4.79 Å². The molecule has 68 valence electrons. The van der Waals surface area contributed by atoms with E-state index >= 15 is 0 Å². The van der Waals surface area contributed by atoms with Gasteiger partial charge in [-0.15, -0.1) is 0 Å². The van der Waals surface area contributed by atoms with Crippen LogP contribution in [0, 0.1) is 6.92 Å². The maximum Gasteiger partial charge on any atom is 0.177 e. The third kappa shape index (κ3) is 1.32. The lowest BCUT2D eigenvalue weighted by Crippen LogP contribution is -2.23. The maximum atomic E-state index is 11.3. The van der Waals surface area contributed by atoms with Crippen molar-refractivity contribution in [3.05, 3.63) is 29.3 Å². The van der Waals surface area contributed by atoms with Crippen LogP contribution < -0.4 is 4.74 Å². The summed E-state index contributed by atoms with van der Waals surface area (Å²) in [6, 6.07) is 5.96. The van der Waals surface area contributed by atoms with Crippen molar-refractivity contribution in [1.29, 1.82) is 0 Å². The van der Waals surface area contributed by atoms with Gasteiger partial charge in [0, 0.05) is 11.5 Å². The normalized spacial score (nSPS) is 20.8. The number of carbonyl (C=O) groups is 1. The molecule has 13 heavy (non-hydrogen) atoms. The summed E-state index contributed by atoms with van der Waals surface area (Å²) in [7, 11) is 0. The zero-order chi connectivity index (χ0) is 9.42. The topological polar surface area (TPSA) is 26.3 Å². The van der Waals surface area contributed by atoms with Crippen LogP contribution >= 0.6 is 0 Å². The second kappa shape index (κ2) is 2.87. The molecule has 1 atom stereocenters. The second-order valence-electron chi connectivity index (χ2n) is 3.52. The predicted octanol–water partition coefficient (Wildman–Crippen LogP) is 2.06. The van der Waals surface area contributed by atoms with Crippen molar-refractivity contribution in [3.63, 3.8) is 0 Å². The smallest absolute Gasteiger partial charge is 0.177 e. The Balaban J connectivity index is 2.51. The van der Waals surface area contributed by atoms with Crippen molar-refractivity contribution < 1.29 is 9.53 Å². The second-order valence-corrected chi connectivity index (χ2v) is 3.52. The molecular formula is C11H12O2. The molecule has 2 rings (SSSR count). The highest BCUT2D eigenvalue weighted by atomic mass is 16.5. The van der Waals surface area contributed by atoms with Gasteiger partial charge in [-0.1, -0.05) is 24.6 Å². The molecule has 0 aliphatic carbocycles. The van der Waals surface area contributed by atoms with Crippen molar-refractivity contribution in [2.75, 3.05) is 6.61 Å². The number of rotatable bonds is 0. The van der Waals surface area contributed by atoms with Crippen molar-refractivity contribution in [3.8, 4) is 5.75 Å². The number of ketones is 1. The van der Waals surface area contributed by atoms with Gasteiger partial charge in [0.15, 0.2) is 5.78 Å². The van der Waals surface area contributed by atoms with Crippen molar-refractivity contribution in [2.45, 2.75) is 19.8 Å². The Bertz CT molecular complexity index is 355. The van der Waals surface area contributed by atoms with E-state index in [9.17, 15) is 4.79 Å². The van der Waals surface area contributed by atoms with E-state index in [1.54, 1.807) is 0 Å². The Labute approximate surface area is 77.5 Å². The van der Waals surface area contributed by atoms with E-state index < -0.39 is 0 Å². The number of hydrogen-bond acceptors (Lipinski definition) is 2. The molecule has 0 amide bonds. The van der Waals surface area contributed by atoms with Crippen LogP contribution in [0.4, 0.5) is 0 Å². The lowest BCUT2D eigenvalue weighted by molar-refractivity contribution is -0.123. The van der Waals surface area contributed by atoms with Crippen LogP contribution in [0.1, 0.15) is 24.0 Å². The molecule has 0 aromatic heterocycles. The molecule has 1 aliphatic heterocycles. The maximum absolute atomic E-state index is 11.3. The molecular weight excluding hydrogens is 164 g/mol. The summed E-state index contributed by atoms with van der Waals surface area (Å²) in [5, 5.41) is 0. The molecule has 1 aromatic carbocycles. The van der Waals surface area contributed by atoms with Crippen LogP contribution in [0.2, 0.25) is 0 Å². The summed E-state index contributed by atoms with van der Waals surface area (Å²) in [5.74, 6) is 1.01. The van der Waals surface area contributed by atoms with Crippen LogP contribution in [0.3, 0.4) is 0 Å². The number of benzene rings is 1. The fourth-order valence-electron chi connectivity index (χ4n) is 1.59. The van der Waals surface area contributed by atoms with Gasteiger partial charge in [-0.05, 0) is 13.0 Å². The number of Topliss-reactive ketones (excluding diaryl/α,β-unsaturated/α-hetero) is 1. The predicted molar refractivity (Wildman–Crippen MR) is 50.1 cm³/mol. The highest BCUT2D eigenvalue weighted by Crippen LogP contribution is 2.31. The Morgan fingerprint density at radius 3 is 3.00 bits per heavy atom. The first-order chi connectivity index (χ1) is 6.18. The zero-order valence-corrected chi connectivity index (χ0v) is 7.83. The van der Waals surface area contributed by atoms with Gasteiger partial charge in [0.2, 0.25) is 0 Å². The standard InChI is InChI=1S/C11H12O2/c1-7-3-4-11-9(5-7)8(2)10(12)6-13-11/h3-5,8H,6H2,1-2H3. The number of ether oxygens (including phenoxy) is 1. The van der Waals surface area contributed by atoms with Crippen molar-refractivity contribution >= 4 is 5.78 Å². The minimum absolute atomic E-state index is 0.0105. The molecule has 1 heterocycles. The van der Waals surface area contributed by atoms with Gasteiger partial charge in [-0.2, -0.15) is 0 Å². The summed E-state index contributed by atoms with van der Waals surface area (Å²) in [6.45, 7) is 4.17. The van der Waals surface area contributed by atoms with Crippen LogP contribution in [-0.4, -0.2) is 12.4 Å². The van der Waals surface area contributed by atoms with E-state index in [1.807, 2.05) is 32.0 Å². The minimum atomic E-state index is -0.0105. The number of aryl methyl sites for hydroxylation is 1. The lowest BCUT2D eigenvalue weighted by Gasteiger charge is -2.22. The summed E-state index contributed by atoms with van der Waals surface area (Å²) in [6.07, 6.45) is 0. The Kier molecular flexibility index (Phi) is 1.83. The van der Waals surface area contributed by atoms with Crippen molar-refractivity contribution in [1.82, 2.24) is 0 Å². The molecule has 1 unspecified atom stereocenters. The lowest BCUT2D eigenvalue weighted by atomic mass is 9.93. The van der Waals surface area contributed by atoms with Gasteiger partial charge < -0.3 is 4.74 Å². The van der Waals surface area contributed by atoms with Gasteiger partial charge in [0.25, 0.3) is 0 Å². The van der Waals surface area contributed by atoms with Crippen LogP contribution in [0.25, 0.3) is 0 Å². The fraction of sp³-hybridized carbons (Fsp3) is 0.364. The number of hydrogen-bond donors (Lipinski definition) is 0. The number of carbonyl (C=O) groups excluding carboxylic acids is 1. The first-order valence-electron chi connectivity index (χ1n) is 4.44. The van der Waals surface area contributed by atoms with Crippen LogP contribution in [0.5, 0.6) is 5.75 Å². The van der Waals surface area contributed by atoms with Crippen molar-refractivity contribution in [2.24, 2.45) is 0 Å². The molecule has 0 radical (unpaired) electrons. The molecule has 0 saturated carbocycles. The molecule has 0 N–H and O–H groups in total. The highest BCUT2D eigenvalue weighted by Gasteiger charge is 2.24. The average molecular weight is 176 g/mol. The molecule has 2 nitrogen and oxygen atoms in total. The van der Waals surface area contributed by atoms with E-state index in [0.29, 0.717) is 0 Å². The molecule has 0 bridgehead atoms. The SMILES string of the molecule is Cc1ccc2c(c1)C(C)C(=O)CO2.